The summed E-state index contributed by atoms with van der Waals surface area (Å²) in [7, 11) is 1.63. The number of nitrogens with one attached hydrogen (secondary N) is 1. The lowest BCUT2D eigenvalue weighted by Gasteiger charge is -2.18. The molecule has 0 fully saturated rings. The molecule has 2 amide bonds. The van der Waals surface area contributed by atoms with Crippen LogP contribution in [0.2, 0.25) is 0 Å². The fourth-order valence-electron chi connectivity index (χ4n) is 3.26. The second-order valence-electron chi connectivity index (χ2n) is 7.32. The first-order chi connectivity index (χ1) is 14.9. The van der Waals surface area contributed by atoms with Crippen molar-refractivity contribution in [3.05, 3.63) is 65.5 Å². The van der Waals surface area contributed by atoms with Gasteiger partial charge in [-0.1, -0.05) is 55.1 Å². The molecule has 0 saturated heterocycles. The van der Waals surface area contributed by atoms with Crippen LogP contribution in [0, 0.1) is 13.8 Å². The van der Waals surface area contributed by atoms with Gasteiger partial charge < -0.3 is 10.2 Å². The Kier molecular flexibility index (Phi) is 7.46. The number of anilines is 1. The van der Waals surface area contributed by atoms with E-state index in [1.807, 2.05) is 54.8 Å². The summed E-state index contributed by atoms with van der Waals surface area (Å²) in [5.74, 6) is -0.210. The molecule has 0 spiro atoms. The molecule has 0 aliphatic rings. The Labute approximate surface area is 186 Å². The third kappa shape index (κ3) is 5.52. The largest absolute Gasteiger partial charge is 0.336 e. The van der Waals surface area contributed by atoms with E-state index >= 15 is 0 Å². The molecule has 162 valence electrons. The second-order valence-corrected chi connectivity index (χ2v) is 8.26. The van der Waals surface area contributed by atoms with E-state index in [0.29, 0.717) is 5.16 Å². The third-order valence-corrected chi connectivity index (χ3v) is 5.95. The number of hydrogen-bond donors (Lipinski definition) is 1. The van der Waals surface area contributed by atoms with E-state index < -0.39 is 0 Å². The van der Waals surface area contributed by atoms with Crippen molar-refractivity contribution < 1.29 is 9.59 Å². The van der Waals surface area contributed by atoms with E-state index in [4.69, 9.17) is 0 Å². The fourth-order valence-corrected chi connectivity index (χ4v) is 4.13. The van der Waals surface area contributed by atoms with Crippen molar-refractivity contribution in [1.29, 1.82) is 0 Å². The van der Waals surface area contributed by atoms with Gasteiger partial charge in [0.25, 0.3) is 0 Å². The summed E-state index contributed by atoms with van der Waals surface area (Å²) in [6.45, 7) is 5.97. The molecule has 31 heavy (non-hydrogen) atoms. The maximum absolute atomic E-state index is 12.6. The number of benzene rings is 2. The highest BCUT2D eigenvalue weighted by Gasteiger charge is 2.17. The predicted molar refractivity (Wildman–Crippen MR) is 124 cm³/mol. The van der Waals surface area contributed by atoms with Crippen LogP contribution >= 0.6 is 11.8 Å². The van der Waals surface area contributed by atoms with Gasteiger partial charge in [0, 0.05) is 12.7 Å². The van der Waals surface area contributed by atoms with Crippen LogP contribution in [0.25, 0.3) is 5.69 Å². The Hall–Kier alpha value is -3.13. The van der Waals surface area contributed by atoms with Crippen LogP contribution in [0.1, 0.15) is 23.6 Å². The first-order valence-electron chi connectivity index (χ1n) is 10.1. The Morgan fingerprint density at radius 1 is 1.10 bits per heavy atom. The highest BCUT2D eigenvalue weighted by molar-refractivity contribution is 7.99. The lowest BCUT2D eigenvalue weighted by Crippen LogP contribution is -2.36. The Bertz CT molecular complexity index is 1060. The topological polar surface area (TPSA) is 80.1 Å². The minimum Gasteiger partial charge on any atom is -0.336 e. The quantitative estimate of drug-likeness (QED) is 0.544. The zero-order chi connectivity index (χ0) is 22.4. The van der Waals surface area contributed by atoms with Gasteiger partial charge in [-0.2, -0.15) is 0 Å². The van der Waals surface area contributed by atoms with E-state index in [-0.39, 0.29) is 24.1 Å². The molecule has 0 atom stereocenters. The Morgan fingerprint density at radius 2 is 1.81 bits per heavy atom. The molecule has 1 N–H and O–H groups in total. The predicted octanol–water partition coefficient (Wildman–Crippen LogP) is 3.64. The van der Waals surface area contributed by atoms with Crippen molar-refractivity contribution in [2.75, 3.05) is 24.7 Å². The summed E-state index contributed by atoms with van der Waals surface area (Å²) in [6.07, 6.45) is 2.54. The number of aromatic nitrogens is 3. The van der Waals surface area contributed by atoms with Gasteiger partial charge >= 0.3 is 0 Å². The number of likely N-dealkylation sites (N-methyl/N-ethyl adjacent to an activating group) is 1. The van der Waals surface area contributed by atoms with Crippen LogP contribution in [0.15, 0.2) is 53.9 Å². The molecule has 1 heterocycles. The highest BCUT2D eigenvalue weighted by Crippen LogP contribution is 2.23. The van der Waals surface area contributed by atoms with E-state index in [2.05, 4.69) is 28.5 Å². The molecule has 0 unspecified atom stereocenters. The molecule has 0 aliphatic carbocycles. The van der Waals surface area contributed by atoms with Crippen LogP contribution in [0.3, 0.4) is 0 Å². The van der Waals surface area contributed by atoms with Crippen molar-refractivity contribution >= 4 is 29.3 Å². The monoisotopic (exact) mass is 437 g/mol. The van der Waals surface area contributed by atoms with Gasteiger partial charge in [0.05, 0.1) is 18.0 Å². The maximum Gasteiger partial charge on any atom is 0.243 e. The third-order valence-electron chi connectivity index (χ3n) is 5.03. The Morgan fingerprint density at radius 3 is 2.52 bits per heavy atom. The number of hydrogen-bond acceptors (Lipinski definition) is 5. The minimum atomic E-state index is -0.224. The first-order valence-corrected chi connectivity index (χ1v) is 11.1. The summed E-state index contributed by atoms with van der Waals surface area (Å²) in [4.78, 5) is 26.5. The van der Waals surface area contributed by atoms with Gasteiger partial charge in [-0.3, -0.25) is 14.2 Å². The maximum atomic E-state index is 12.6. The molecule has 2 aromatic carbocycles. The van der Waals surface area contributed by atoms with Crippen molar-refractivity contribution in [1.82, 2.24) is 19.7 Å². The number of rotatable bonds is 8. The highest BCUT2D eigenvalue weighted by atomic mass is 32.2. The number of para-hydroxylation sites is 2. The van der Waals surface area contributed by atoms with Crippen LogP contribution in [-0.4, -0.2) is 50.8 Å². The van der Waals surface area contributed by atoms with Crippen molar-refractivity contribution in [3.63, 3.8) is 0 Å². The summed E-state index contributed by atoms with van der Waals surface area (Å²) in [6, 6.07) is 13.9. The number of nitrogens with zero attached hydrogens (tertiary/aromatic N) is 4. The number of amides is 2. The second kappa shape index (κ2) is 10.3. The standard InChI is InChI=1S/C23H27N5O2S/c1-5-18-11-6-7-12-19(18)28-15-24-26-23(28)31-14-21(30)27(4)13-20(29)25-22-16(2)9-8-10-17(22)3/h6-12,15H,5,13-14H2,1-4H3,(H,25,29). The smallest absolute Gasteiger partial charge is 0.243 e. The van der Waals surface area contributed by atoms with E-state index in [1.54, 1.807) is 13.4 Å². The average Bonchev–Trinajstić information content (AvgIpc) is 3.23. The fraction of sp³-hybridized carbons (Fsp3) is 0.304. The van der Waals surface area contributed by atoms with Gasteiger partial charge in [-0.05, 0) is 43.0 Å². The summed E-state index contributed by atoms with van der Waals surface area (Å²) in [5.41, 5.74) is 4.96. The normalized spacial score (nSPS) is 10.7. The summed E-state index contributed by atoms with van der Waals surface area (Å²) in [5, 5.41) is 11.7. The average molecular weight is 438 g/mol. The van der Waals surface area contributed by atoms with Crippen LogP contribution in [0.4, 0.5) is 5.69 Å². The van der Waals surface area contributed by atoms with Crippen LogP contribution in [-0.2, 0) is 16.0 Å². The van der Waals surface area contributed by atoms with Gasteiger partial charge in [0.1, 0.15) is 6.33 Å². The van der Waals surface area contributed by atoms with Crippen LogP contribution in [0.5, 0.6) is 0 Å². The van der Waals surface area contributed by atoms with Gasteiger partial charge in [0.2, 0.25) is 11.8 Å². The Balaban J connectivity index is 1.59. The minimum absolute atomic E-state index is 0.0154. The molecule has 0 bridgehead atoms. The molecule has 0 aliphatic heterocycles. The van der Waals surface area contributed by atoms with E-state index in [1.165, 1.54) is 22.2 Å². The molecule has 1 aromatic heterocycles. The van der Waals surface area contributed by atoms with Crippen LogP contribution < -0.4 is 5.32 Å². The van der Waals surface area contributed by atoms with Gasteiger partial charge in [-0.15, -0.1) is 10.2 Å². The molecule has 7 nitrogen and oxygen atoms in total. The first kappa shape index (κ1) is 22.6. The number of thioether (sulfide) groups is 1. The van der Waals surface area contributed by atoms with Gasteiger partial charge in [0.15, 0.2) is 5.16 Å². The van der Waals surface area contributed by atoms with Crippen molar-refractivity contribution in [2.45, 2.75) is 32.3 Å². The van der Waals surface area contributed by atoms with Gasteiger partial charge in [-0.25, -0.2) is 0 Å². The summed E-state index contributed by atoms with van der Waals surface area (Å²) < 4.78 is 1.89. The molecule has 8 heteroatoms. The van der Waals surface area contributed by atoms with Crippen molar-refractivity contribution in [2.24, 2.45) is 0 Å². The zero-order valence-electron chi connectivity index (χ0n) is 18.3. The SMILES string of the molecule is CCc1ccccc1-n1cnnc1SCC(=O)N(C)CC(=O)Nc1c(C)cccc1C. The van der Waals surface area contributed by atoms with E-state index in [9.17, 15) is 9.59 Å². The lowest BCUT2D eigenvalue weighted by molar-refractivity contribution is -0.131. The number of carbonyl (C=O) groups is 2. The lowest BCUT2D eigenvalue weighted by atomic mass is 10.1. The van der Waals surface area contributed by atoms with Crippen molar-refractivity contribution in [3.8, 4) is 5.69 Å². The molecule has 0 saturated carbocycles. The number of aryl methyl sites for hydroxylation is 3. The molecule has 3 aromatic rings. The summed E-state index contributed by atoms with van der Waals surface area (Å²) >= 11 is 1.31. The molecular formula is C23H27N5O2S. The molecule has 3 rings (SSSR count). The molecule has 0 radical (unpaired) electrons. The number of carbonyl (C=O) groups excluding carboxylic acids is 2. The molecular weight excluding hydrogens is 410 g/mol. The zero-order valence-corrected chi connectivity index (χ0v) is 19.1. The van der Waals surface area contributed by atoms with E-state index in [0.717, 1.165) is 28.9 Å².